The molecule has 2 rings (SSSR count). The highest BCUT2D eigenvalue weighted by atomic mass is 35.5. The van der Waals surface area contributed by atoms with Crippen LogP contribution in [0.2, 0.25) is 0 Å². The van der Waals surface area contributed by atoms with Crippen molar-refractivity contribution in [1.82, 2.24) is 5.32 Å². The molecule has 0 amide bonds. The Balaban J connectivity index is 0.00000144. The zero-order chi connectivity index (χ0) is 11.4. The second kappa shape index (κ2) is 6.37. The summed E-state index contributed by atoms with van der Waals surface area (Å²) in [6.07, 6.45) is 2.03. The van der Waals surface area contributed by atoms with Crippen molar-refractivity contribution in [1.29, 1.82) is 0 Å². The number of aliphatic hydroxyl groups excluding tert-OH is 2. The van der Waals surface area contributed by atoms with Gasteiger partial charge in [0.25, 0.3) is 0 Å². The van der Waals surface area contributed by atoms with E-state index in [0.29, 0.717) is 10.4 Å². The number of piperazine rings is 1. The number of anilines is 1. The lowest BCUT2D eigenvalue weighted by Gasteiger charge is -2.29. The van der Waals surface area contributed by atoms with Crippen LogP contribution in [0.1, 0.15) is 0 Å². The summed E-state index contributed by atoms with van der Waals surface area (Å²) < 4.78 is 0. The first kappa shape index (κ1) is 13.7. The van der Waals surface area contributed by atoms with E-state index in [-0.39, 0.29) is 12.4 Å². The molecule has 94 valence electrons. The maximum atomic E-state index is 9.09. The zero-order valence-electron chi connectivity index (χ0n) is 9.47. The van der Waals surface area contributed by atoms with Gasteiger partial charge in [0, 0.05) is 42.3 Å². The van der Waals surface area contributed by atoms with Gasteiger partial charge in [-0.05, 0) is 18.2 Å². The van der Waals surface area contributed by atoms with E-state index in [2.05, 4.69) is 10.2 Å². The SMILES string of the molecule is Cl.OC=c1ccc(N2CCNCC2)cc1=CO. The Hall–Kier alpha value is -1.39. The van der Waals surface area contributed by atoms with Gasteiger partial charge in [-0.2, -0.15) is 0 Å². The molecule has 1 fully saturated rings. The van der Waals surface area contributed by atoms with E-state index in [1.807, 2.05) is 12.1 Å². The lowest BCUT2D eigenvalue weighted by molar-refractivity contribution is 0.533. The van der Waals surface area contributed by atoms with Crippen molar-refractivity contribution in [2.24, 2.45) is 0 Å². The number of aliphatic hydroxyl groups is 2. The molecule has 0 unspecified atom stereocenters. The molecule has 0 spiro atoms. The van der Waals surface area contributed by atoms with E-state index >= 15 is 0 Å². The molecule has 1 aliphatic rings. The topological polar surface area (TPSA) is 55.7 Å². The predicted octanol–water partition coefficient (Wildman–Crippen LogP) is 0.110. The highest BCUT2D eigenvalue weighted by Gasteiger charge is 2.09. The molecule has 0 aromatic heterocycles. The minimum absolute atomic E-state index is 0. The minimum atomic E-state index is 0. The van der Waals surface area contributed by atoms with Crippen molar-refractivity contribution in [2.75, 3.05) is 31.1 Å². The summed E-state index contributed by atoms with van der Waals surface area (Å²) in [5.74, 6) is 0. The standard InChI is InChI=1S/C12H16N2O2.ClH/c15-8-10-1-2-12(7-11(10)9-16)14-5-3-13-4-6-14;/h1-2,7-9,13,15-16H,3-6H2;1H. The summed E-state index contributed by atoms with van der Waals surface area (Å²) in [5, 5.41) is 22.6. The van der Waals surface area contributed by atoms with Gasteiger partial charge in [0.2, 0.25) is 0 Å². The molecule has 0 bridgehead atoms. The molecular formula is C12H17ClN2O2. The average molecular weight is 257 g/mol. The number of nitrogens with one attached hydrogen (secondary N) is 1. The molecule has 4 nitrogen and oxygen atoms in total. The van der Waals surface area contributed by atoms with Crippen molar-refractivity contribution in [3.8, 4) is 0 Å². The minimum Gasteiger partial charge on any atom is -0.515 e. The molecule has 0 aliphatic carbocycles. The van der Waals surface area contributed by atoms with Gasteiger partial charge < -0.3 is 20.4 Å². The van der Waals surface area contributed by atoms with Crippen molar-refractivity contribution < 1.29 is 10.2 Å². The number of benzene rings is 1. The Labute approximate surface area is 106 Å². The van der Waals surface area contributed by atoms with Crippen LogP contribution in [0.5, 0.6) is 0 Å². The molecule has 1 aromatic carbocycles. The van der Waals surface area contributed by atoms with Gasteiger partial charge in [-0.3, -0.25) is 0 Å². The fraction of sp³-hybridized carbons (Fsp3) is 0.333. The third-order valence-electron chi connectivity index (χ3n) is 2.83. The Morgan fingerprint density at radius 1 is 1.06 bits per heavy atom. The lowest BCUT2D eigenvalue weighted by Crippen LogP contribution is -2.44. The fourth-order valence-corrected chi connectivity index (χ4v) is 1.91. The molecule has 0 atom stereocenters. The summed E-state index contributed by atoms with van der Waals surface area (Å²) in [4.78, 5) is 2.25. The van der Waals surface area contributed by atoms with Gasteiger partial charge in [-0.25, -0.2) is 0 Å². The highest BCUT2D eigenvalue weighted by molar-refractivity contribution is 5.85. The van der Waals surface area contributed by atoms with E-state index in [0.717, 1.165) is 44.4 Å². The molecule has 0 saturated carbocycles. The molecule has 1 heterocycles. The van der Waals surface area contributed by atoms with Gasteiger partial charge >= 0.3 is 0 Å². The van der Waals surface area contributed by atoms with Crippen molar-refractivity contribution >= 4 is 30.6 Å². The van der Waals surface area contributed by atoms with Gasteiger partial charge in [-0.15, -0.1) is 12.4 Å². The first-order valence-corrected chi connectivity index (χ1v) is 5.39. The van der Waals surface area contributed by atoms with Gasteiger partial charge in [-0.1, -0.05) is 0 Å². The number of nitrogens with zero attached hydrogens (tertiary/aromatic N) is 1. The van der Waals surface area contributed by atoms with Gasteiger partial charge in [0.15, 0.2) is 0 Å². The largest absolute Gasteiger partial charge is 0.515 e. The summed E-state index contributed by atoms with van der Waals surface area (Å²) in [7, 11) is 0. The summed E-state index contributed by atoms with van der Waals surface area (Å²) >= 11 is 0. The smallest absolute Gasteiger partial charge is 0.0872 e. The van der Waals surface area contributed by atoms with Crippen LogP contribution < -0.4 is 20.7 Å². The molecule has 17 heavy (non-hydrogen) atoms. The van der Waals surface area contributed by atoms with Crippen LogP contribution in [0.25, 0.3) is 12.5 Å². The highest BCUT2D eigenvalue weighted by Crippen LogP contribution is 2.09. The van der Waals surface area contributed by atoms with Gasteiger partial charge in [0.05, 0.1) is 12.5 Å². The maximum absolute atomic E-state index is 9.09. The second-order valence-corrected chi connectivity index (χ2v) is 3.81. The van der Waals surface area contributed by atoms with E-state index in [4.69, 9.17) is 10.2 Å². The molecular weight excluding hydrogens is 240 g/mol. The number of hydrogen-bond acceptors (Lipinski definition) is 4. The van der Waals surface area contributed by atoms with Crippen molar-refractivity contribution in [3.63, 3.8) is 0 Å². The van der Waals surface area contributed by atoms with E-state index in [1.165, 1.54) is 0 Å². The van der Waals surface area contributed by atoms with Crippen LogP contribution in [0, 0.1) is 0 Å². The average Bonchev–Trinajstić information content (AvgIpc) is 2.39. The third-order valence-corrected chi connectivity index (χ3v) is 2.83. The molecule has 3 N–H and O–H groups in total. The molecule has 5 heteroatoms. The number of hydrogen-bond donors (Lipinski definition) is 3. The lowest BCUT2D eigenvalue weighted by atomic mass is 10.2. The van der Waals surface area contributed by atoms with Crippen LogP contribution in [0.4, 0.5) is 5.69 Å². The monoisotopic (exact) mass is 256 g/mol. The van der Waals surface area contributed by atoms with Crippen LogP contribution in [-0.4, -0.2) is 36.4 Å². The van der Waals surface area contributed by atoms with Crippen molar-refractivity contribution in [2.45, 2.75) is 0 Å². The number of halogens is 1. The normalized spacial score (nSPS) is 18.0. The zero-order valence-corrected chi connectivity index (χ0v) is 10.3. The molecule has 1 saturated heterocycles. The Kier molecular flexibility index (Phi) is 5.12. The Morgan fingerprint density at radius 3 is 2.29 bits per heavy atom. The fourth-order valence-electron chi connectivity index (χ4n) is 1.91. The molecule has 1 aromatic rings. The maximum Gasteiger partial charge on any atom is 0.0872 e. The Bertz CT molecular complexity index is 470. The van der Waals surface area contributed by atoms with E-state index < -0.39 is 0 Å². The van der Waals surface area contributed by atoms with Gasteiger partial charge in [0.1, 0.15) is 0 Å². The first-order valence-electron chi connectivity index (χ1n) is 5.39. The molecule has 0 radical (unpaired) electrons. The predicted molar refractivity (Wildman–Crippen MR) is 72.2 cm³/mol. The van der Waals surface area contributed by atoms with Crippen LogP contribution in [-0.2, 0) is 0 Å². The first-order chi connectivity index (χ1) is 7.85. The summed E-state index contributed by atoms with van der Waals surface area (Å²) in [5.41, 5.74) is 1.08. The number of rotatable bonds is 1. The van der Waals surface area contributed by atoms with E-state index in [9.17, 15) is 0 Å². The quantitative estimate of drug-likeness (QED) is 0.668. The van der Waals surface area contributed by atoms with Crippen LogP contribution in [0.15, 0.2) is 18.2 Å². The van der Waals surface area contributed by atoms with Crippen molar-refractivity contribution in [3.05, 3.63) is 28.6 Å². The van der Waals surface area contributed by atoms with E-state index in [1.54, 1.807) is 6.07 Å². The Morgan fingerprint density at radius 2 is 1.71 bits per heavy atom. The molecule has 1 aliphatic heterocycles. The third kappa shape index (κ3) is 3.05. The van der Waals surface area contributed by atoms with Crippen LogP contribution in [0.3, 0.4) is 0 Å². The van der Waals surface area contributed by atoms with Crippen LogP contribution >= 0.6 is 12.4 Å². The summed E-state index contributed by atoms with van der Waals surface area (Å²) in [6.45, 7) is 3.89. The second-order valence-electron chi connectivity index (χ2n) is 3.81. The summed E-state index contributed by atoms with van der Waals surface area (Å²) in [6, 6.07) is 5.65.